The molecule has 0 radical (unpaired) electrons. The molecule has 0 aliphatic rings. The van der Waals surface area contributed by atoms with Crippen molar-refractivity contribution in [3.8, 4) is 0 Å². The Bertz CT molecular complexity index is 320. The van der Waals surface area contributed by atoms with Crippen molar-refractivity contribution in [2.24, 2.45) is 0 Å². The Balaban J connectivity index is 2.51. The molecule has 0 saturated carbocycles. The van der Waals surface area contributed by atoms with Crippen molar-refractivity contribution in [1.82, 2.24) is 5.32 Å². The molecule has 1 aromatic carbocycles. The van der Waals surface area contributed by atoms with Crippen molar-refractivity contribution in [3.05, 3.63) is 35.9 Å². The third kappa shape index (κ3) is 4.13. The molecule has 1 amide bonds. The van der Waals surface area contributed by atoms with Crippen LogP contribution in [0.1, 0.15) is 25.8 Å². The first-order valence-electron chi connectivity index (χ1n) is 5.11. The lowest BCUT2D eigenvalue weighted by atomic mass is 10.1. The Hall–Kier alpha value is -1.35. The number of hydrogen-bond acceptors (Lipinski definition) is 2. The number of hydrogen-bond donors (Lipinski definition) is 2. The van der Waals surface area contributed by atoms with Crippen LogP contribution >= 0.6 is 0 Å². The van der Waals surface area contributed by atoms with Crippen LogP contribution in [0.15, 0.2) is 30.3 Å². The number of nitrogens with one attached hydrogen (secondary N) is 1. The Kier molecular flexibility index (Phi) is 3.86. The number of amides is 1. The lowest BCUT2D eigenvalue weighted by molar-refractivity contribution is -0.127. The molecular formula is C12H17NO2. The van der Waals surface area contributed by atoms with E-state index in [1.54, 1.807) is 6.92 Å². The summed E-state index contributed by atoms with van der Waals surface area (Å²) in [7, 11) is 0. The first-order chi connectivity index (χ1) is 7.03. The summed E-state index contributed by atoms with van der Waals surface area (Å²) in [6.45, 7) is 3.42. The maximum absolute atomic E-state index is 11.5. The van der Waals surface area contributed by atoms with Crippen molar-refractivity contribution < 1.29 is 9.90 Å². The molecule has 0 saturated heterocycles. The van der Waals surface area contributed by atoms with Crippen LogP contribution in [0.4, 0.5) is 0 Å². The molecule has 0 aromatic heterocycles. The molecule has 3 nitrogen and oxygen atoms in total. The van der Waals surface area contributed by atoms with Crippen molar-refractivity contribution in [1.29, 1.82) is 0 Å². The minimum Gasteiger partial charge on any atom is -0.371 e. The van der Waals surface area contributed by atoms with Gasteiger partial charge in [0, 0.05) is 0 Å². The molecule has 1 aromatic rings. The lowest BCUT2D eigenvalue weighted by Crippen LogP contribution is -2.45. The first-order valence-corrected chi connectivity index (χ1v) is 5.11. The molecule has 15 heavy (non-hydrogen) atoms. The molecule has 0 heterocycles. The minimum atomic E-state index is -1.11. The number of carbonyl (C=O) groups excluding carboxylic acids is 1. The summed E-state index contributed by atoms with van der Waals surface area (Å²) in [5.74, 6) is -0.159. The number of rotatable bonds is 4. The van der Waals surface area contributed by atoms with E-state index in [4.69, 9.17) is 0 Å². The first kappa shape index (κ1) is 11.7. The minimum absolute atomic E-state index is 0.159. The fourth-order valence-corrected chi connectivity index (χ4v) is 1.21. The molecule has 0 bridgehead atoms. The van der Waals surface area contributed by atoms with Crippen LogP contribution in [0.5, 0.6) is 0 Å². The van der Waals surface area contributed by atoms with Gasteiger partial charge in [0.05, 0.1) is 6.42 Å². The van der Waals surface area contributed by atoms with Crippen LogP contribution in [0.2, 0.25) is 0 Å². The van der Waals surface area contributed by atoms with E-state index in [1.807, 2.05) is 37.3 Å². The lowest BCUT2D eigenvalue weighted by Gasteiger charge is -2.22. The van der Waals surface area contributed by atoms with Crippen molar-refractivity contribution in [3.63, 3.8) is 0 Å². The van der Waals surface area contributed by atoms with E-state index in [9.17, 15) is 9.90 Å². The van der Waals surface area contributed by atoms with Gasteiger partial charge >= 0.3 is 0 Å². The zero-order chi connectivity index (χ0) is 11.3. The van der Waals surface area contributed by atoms with Gasteiger partial charge in [-0.1, -0.05) is 37.3 Å². The summed E-state index contributed by atoms with van der Waals surface area (Å²) in [6, 6.07) is 9.46. The van der Waals surface area contributed by atoms with Gasteiger partial charge in [-0.2, -0.15) is 0 Å². The molecule has 3 heteroatoms. The Morgan fingerprint density at radius 1 is 1.40 bits per heavy atom. The van der Waals surface area contributed by atoms with Gasteiger partial charge in [-0.25, -0.2) is 0 Å². The van der Waals surface area contributed by atoms with E-state index in [1.165, 1.54) is 0 Å². The van der Waals surface area contributed by atoms with Gasteiger partial charge in [0.2, 0.25) is 5.91 Å². The van der Waals surface area contributed by atoms with E-state index in [2.05, 4.69) is 5.32 Å². The number of aliphatic hydroxyl groups is 1. The topological polar surface area (TPSA) is 49.3 Å². The van der Waals surface area contributed by atoms with Gasteiger partial charge in [-0.15, -0.1) is 0 Å². The predicted octanol–water partition coefficient (Wildman–Crippen LogP) is 1.46. The van der Waals surface area contributed by atoms with Crippen molar-refractivity contribution in [2.75, 3.05) is 0 Å². The van der Waals surface area contributed by atoms with Crippen LogP contribution in [0, 0.1) is 0 Å². The molecule has 0 fully saturated rings. The second kappa shape index (κ2) is 4.94. The molecule has 1 unspecified atom stereocenters. The summed E-state index contributed by atoms with van der Waals surface area (Å²) in [5.41, 5.74) is -0.159. The summed E-state index contributed by atoms with van der Waals surface area (Å²) >= 11 is 0. The highest BCUT2D eigenvalue weighted by Gasteiger charge is 2.19. The molecule has 1 atom stereocenters. The van der Waals surface area contributed by atoms with Crippen LogP contribution in [-0.4, -0.2) is 16.7 Å². The Morgan fingerprint density at radius 2 is 2.00 bits per heavy atom. The van der Waals surface area contributed by atoms with Crippen LogP contribution < -0.4 is 5.32 Å². The predicted molar refractivity (Wildman–Crippen MR) is 59.2 cm³/mol. The average molecular weight is 207 g/mol. The van der Waals surface area contributed by atoms with Crippen LogP contribution in [0.3, 0.4) is 0 Å². The zero-order valence-corrected chi connectivity index (χ0v) is 9.16. The molecule has 0 aliphatic carbocycles. The second-order valence-electron chi connectivity index (χ2n) is 3.84. The number of benzene rings is 1. The third-order valence-electron chi connectivity index (χ3n) is 2.30. The maximum atomic E-state index is 11.5. The highest BCUT2D eigenvalue weighted by Crippen LogP contribution is 2.05. The van der Waals surface area contributed by atoms with E-state index in [-0.39, 0.29) is 5.91 Å². The Labute approximate surface area is 90.1 Å². The van der Waals surface area contributed by atoms with Gasteiger partial charge in [-0.05, 0) is 18.9 Å². The van der Waals surface area contributed by atoms with Gasteiger partial charge in [-0.3, -0.25) is 4.79 Å². The van der Waals surface area contributed by atoms with Gasteiger partial charge in [0.15, 0.2) is 0 Å². The Morgan fingerprint density at radius 3 is 2.53 bits per heavy atom. The monoisotopic (exact) mass is 207 g/mol. The highest BCUT2D eigenvalue weighted by atomic mass is 16.3. The average Bonchev–Trinajstić information content (AvgIpc) is 2.18. The molecule has 2 N–H and O–H groups in total. The molecule has 0 spiro atoms. The maximum Gasteiger partial charge on any atom is 0.226 e. The second-order valence-corrected chi connectivity index (χ2v) is 3.84. The smallest absolute Gasteiger partial charge is 0.226 e. The molecule has 82 valence electrons. The zero-order valence-electron chi connectivity index (χ0n) is 9.16. The van der Waals surface area contributed by atoms with Crippen LogP contribution in [-0.2, 0) is 11.2 Å². The summed E-state index contributed by atoms with van der Waals surface area (Å²) in [6.07, 6.45) is 0.796. The van der Waals surface area contributed by atoms with Crippen molar-refractivity contribution in [2.45, 2.75) is 32.4 Å². The fraction of sp³-hybridized carbons (Fsp3) is 0.417. The van der Waals surface area contributed by atoms with Gasteiger partial charge in [0.25, 0.3) is 0 Å². The van der Waals surface area contributed by atoms with E-state index < -0.39 is 5.72 Å². The largest absolute Gasteiger partial charge is 0.371 e. The van der Waals surface area contributed by atoms with E-state index in [0.717, 1.165) is 5.56 Å². The van der Waals surface area contributed by atoms with Crippen LogP contribution in [0.25, 0.3) is 0 Å². The summed E-state index contributed by atoms with van der Waals surface area (Å²) in [5, 5.41) is 12.2. The SMILES string of the molecule is CCC(C)(O)NC(=O)Cc1ccccc1. The fourth-order valence-electron chi connectivity index (χ4n) is 1.21. The number of carbonyl (C=O) groups is 1. The third-order valence-corrected chi connectivity index (χ3v) is 2.30. The quantitative estimate of drug-likeness (QED) is 0.734. The van der Waals surface area contributed by atoms with Crippen molar-refractivity contribution >= 4 is 5.91 Å². The van der Waals surface area contributed by atoms with E-state index >= 15 is 0 Å². The van der Waals surface area contributed by atoms with Gasteiger partial charge in [0.1, 0.15) is 5.72 Å². The highest BCUT2D eigenvalue weighted by molar-refractivity contribution is 5.79. The summed E-state index contributed by atoms with van der Waals surface area (Å²) < 4.78 is 0. The molecular weight excluding hydrogens is 190 g/mol. The molecule has 1 rings (SSSR count). The standard InChI is InChI=1S/C12H17NO2/c1-3-12(2,15)13-11(14)9-10-7-5-4-6-8-10/h4-8,15H,3,9H2,1-2H3,(H,13,14). The van der Waals surface area contributed by atoms with E-state index in [0.29, 0.717) is 12.8 Å². The normalized spacial score (nSPS) is 14.3. The molecule has 0 aliphatic heterocycles. The van der Waals surface area contributed by atoms with Gasteiger partial charge < -0.3 is 10.4 Å². The summed E-state index contributed by atoms with van der Waals surface area (Å²) in [4.78, 5) is 11.5.